The maximum atomic E-state index is 13.8. The molecule has 1 fully saturated rings. The fourth-order valence-corrected chi connectivity index (χ4v) is 4.78. The van der Waals surface area contributed by atoms with Crippen LogP contribution in [0.1, 0.15) is 42.0 Å². The molecule has 2 aromatic rings. The highest BCUT2D eigenvalue weighted by molar-refractivity contribution is 5.88. The zero-order chi connectivity index (χ0) is 29.2. The van der Waals surface area contributed by atoms with Gasteiger partial charge < -0.3 is 19.9 Å². The summed E-state index contributed by atoms with van der Waals surface area (Å²) in [5.41, 5.74) is -4.29. The highest BCUT2D eigenvalue weighted by Gasteiger charge is 2.45. The number of alkyl halides is 6. The fraction of sp³-hybridized carbons (Fsp3) is 0.481. The molecular formula is C27H31F6N3O3. The molecule has 3 rings (SSSR count). The van der Waals surface area contributed by atoms with Crippen LogP contribution in [0.4, 0.5) is 31.1 Å². The molecule has 1 N–H and O–H groups in total. The van der Waals surface area contributed by atoms with Gasteiger partial charge >= 0.3 is 18.4 Å². The summed E-state index contributed by atoms with van der Waals surface area (Å²) in [4.78, 5) is 29.4. The van der Waals surface area contributed by atoms with Gasteiger partial charge in [-0.15, -0.1) is 0 Å². The van der Waals surface area contributed by atoms with Crippen LogP contribution < -0.4 is 5.32 Å². The summed E-state index contributed by atoms with van der Waals surface area (Å²) in [5.74, 6) is -1.01. The molecule has 0 aromatic heterocycles. The average Bonchev–Trinajstić information content (AvgIpc) is 3.33. The lowest BCUT2D eigenvalue weighted by atomic mass is 9.80. The molecule has 1 aliphatic rings. The number of urea groups is 1. The van der Waals surface area contributed by atoms with Crippen LogP contribution in [0.2, 0.25) is 0 Å². The molecule has 1 unspecified atom stereocenters. The van der Waals surface area contributed by atoms with E-state index in [1.807, 2.05) is 18.2 Å². The molecule has 0 bridgehead atoms. The minimum atomic E-state index is -5.04. The minimum absolute atomic E-state index is 0.0379. The first-order valence-corrected chi connectivity index (χ1v) is 12.2. The molecule has 0 aliphatic carbocycles. The number of methoxy groups -OCH3 is 1. The van der Waals surface area contributed by atoms with E-state index in [1.165, 1.54) is 37.8 Å². The first-order valence-electron chi connectivity index (χ1n) is 12.2. The van der Waals surface area contributed by atoms with Crippen molar-refractivity contribution < 1.29 is 40.7 Å². The first kappa shape index (κ1) is 30.3. The molecule has 2 atom stereocenters. The van der Waals surface area contributed by atoms with Crippen LogP contribution in [0.15, 0.2) is 48.5 Å². The molecule has 1 heterocycles. The normalized spacial score (nSPS) is 18.3. The third-order valence-electron chi connectivity index (χ3n) is 7.05. The summed E-state index contributed by atoms with van der Waals surface area (Å²) >= 11 is 0. The van der Waals surface area contributed by atoms with E-state index >= 15 is 0 Å². The number of amides is 3. The molecule has 0 spiro atoms. The van der Waals surface area contributed by atoms with Crippen LogP contribution in [0.3, 0.4) is 0 Å². The second-order valence-electron chi connectivity index (χ2n) is 10.0. The molecule has 12 heteroatoms. The van der Waals surface area contributed by atoms with Gasteiger partial charge in [0.15, 0.2) is 0 Å². The lowest BCUT2D eigenvalue weighted by Crippen LogP contribution is -2.49. The molecule has 0 saturated carbocycles. The van der Waals surface area contributed by atoms with E-state index < -0.39 is 46.4 Å². The van der Waals surface area contributed by atoms with Gasteiger partial charge in [-0.3, -0.25) is 4.79 Å². The van der Waals surface area contributed by atoms with Gasteiger partial charge in [0, 0.05) is 39.7 Å². The summed E-state index contributed by atoms with van der Waals surface area (Å²) in [6, 6.07) is 9.36. The smallest absolute Gasteiger partial charge is 0.383 e. The third-order valence-corrected chi connectivity index (χ3v) is 7.05. The highest BCUT2D eigenvalue weighted by Crippen LogP contribution is 2.40. The molecule has 3 amide bonds. The summed E-state index contributed by atoms with van der Waals surface area (Å²) in [6.07, 6.45) is -10.1. The quantitative estimate of drug-likeness (QED) is 0.371. The van der Waals surface area contributed by atoms with Gasteiger partial charge in [-0.25, -0.2) is 4.79 Å². The first-order chi connectivity index (χ1) is 18.1. The number of nitrogens with one attached hydrogen (secondary N) is 1. The van der Waals surface area contributed by atoms with Crippen molar-refractivity contribution >= 4 is 11.9 Å². The Morgan fingerprint density at radius 3 is 2.00 bits per heavy atom. The SMILES string of the molecule is COCCNC(=O)N1CC(c2ccccc2)[C@H](N(C)C(=O)C(C)(C)c2cc(C(F)(F)F)cc(C(F)(F)F)c2)C1. The van der Waals surface area contributed by atoms with E-state index in [2.05, 4.69) is 5.32 Å². The molecule has 0 radical (unpaired) electrons. The number of halogens is 6. The van der Waals surface area contributed by atoms with Crippen LogP contribution in [-0.4, -0.2) is 68.2 Å². The Balaban J connectivity index is 1.96. The lowest BCUT2D eigenvalue weighted by molar-refractivity contribution is -0.144. The van der Waals surface area contributed by atoms with E-state index in [4.69, 9.17) is 4.74 Å². The summed E-state index contributed by atoms with van der Waals surface area (Å²) in [7, 11) is 2.95. The predicted octanol–water partition coefficient (Wildman–Crippen LogP) is 5.28. The van der Waals surface area contributed by atoms with Gasteiger partial charge in [-0.05, 0) is 43.2 Å². The predicted molar refractivity (Wildman–Crippen MR) is 132 cm³/mol. The van der Waals surface area contributed by atoms with Crippen LogP contribution in [0.5, 0.6) is 0 Å². The Morgan fingerprint density at radius 1 is 0.949 bits per heavy atom. The van der Waals surface area contributed by atoms with Gasteiger partial charge in [0.05, 0.1) is 29.2 Å². The number of benzene rings is 2. The standard InChI is InChI=1S/C27H31F6N3O3/c1-25(2,18-12-19(26(28,29)30)14-20(13-18)27(31,32)33)23(37)35(3)22-16-36(24(38)34-10-11-39-4)15-21(22)17-8-6-5-7-9-17/h5-9,12-14,21-22H,10-11,15-16H2,1-4H3,(H,34,38)/t21?,22-/m1/s1. The zero-order valence-electron chi connectivity index (χ0n) is 22.0. The second-order valence-corrected chi connectivity index (χ2v) is 10.0. The van der Waals surface area contributed by atoms with Crippen molar-refractivity contribution in [3.05, 3.63) is 70.8 Å². The Morgan fingerprint density at radius 2 is 1.49 bits per heavy atom. The Hall–Kier alpha value is -3.28. The number of likely N-dealkylation sites (N-methyl/N-ethyl adjacent to an activating group) is 1. The molecule has 1 aliphatic heterocycles. The van der Waals surface area contributed by atoms with E-state index in [1.54, 1.807) is 12.1 Å². The number of hydrogen-bond donors (Lipinski definition) is 1. The number of likely N-dealkylation sites (tertiary alicyclic amines) is 1. The van der Waals surface area contributed by atoms with Crippen molar-refractivity contribution in [1.29, 1.82) is 0 Å². The topological polar surface area (TPSA) is 61.9 Å². The number of hydrogen-bond acceptors (Lipinski definition) is 3. The molecule has 1 saturated heterocycles. The number of carbonyl (C=O) groups excluding carboxylic acids is 2. The number of ether oxygens (including phenoxy) is 1. The van der Waals surface area contributed by atoms with E-state index in [9.17, 15) is 35.9 Å². The van der Waals surface area contributed by atoms with E-state index in [-0.39, 0.29) is 37.6 Å². The Bertz CT molecular complexity index is 1140. The van der Waals surface area contributed by atoms with Crippen LogP contribution >= 0.6 is 0 Å². The lowest BCUT2D eigenvalue weighted by Gasteiger charge is -2.36. The largest absolute Gasteiger partial charge is 0.416 e. The summed E-state index contributed by atoms with van der Waals surface area (Å²) < 4.78 is 85.9. The number of nitrogens with zero attached hydrogens (tertiary/aromatic N) is 2. The van der Waals surface area contributed by atoms with Gasteiger partial charge in [-0.2, -0.15) is 26.3 Å². The summed E-state index contributed by atoms with van der Waals surface area (Å²) in [6.45, 7) is 3.53. The monoisotopic (exact) mass is 559 g/mol. The van der Waals surface area contributed by atoms with E-state index in [0.29, 0.717) is 18.7 Å². The zero-order valence-corrected chi connectivity index (χ0v) is 22.0. The van der Waals surface area contributed by atoms with Gasteiger partial charge in [0.25, 0.3) is 0 Å². The van der Waals surface area contributed by atoms with Gasteiger partial charge in [0.1, 0.15) is 0 Å². The molecule has 39 heavy (non-hydrogen) atoms. The van der Waals surface area contributed by atoms with Gasteiger partial charge in [-0.1, -0.05) is 30.3 Å². The van der Waals surface area contributed by atoms with Crippen LogP contribution in [-0.2, 0) is 27.3 Å². The van der Waals surface area contributed by atoms with Gasteiger partial charge in [0.2, 0.25) is 5.91 Å². The van der Waals surface area contributed by atoms with Crippen molar-refractivity contribution in [1.82, 2.24) is 15.1 Å². The Labute approximate surface area is 222 Å². The summed E-state index contributed by atoms with van der Waals surface area (Å²) in [5, 5.41) is 2.73. The minimum Gasteiger partial charge on any atom is -0.383 e. The number of carbonyl (C=O) groups is 2. The maximum Gasteiger partial charge on any atom is 0.416 e. The van der Waals surface area contributed by atoms with Crippen LogP contribution in [0.25, 0.3) is 0 Å². The third kappa shape index (κ3) is 6.84. The maximum absolute atomic E-state index is 13.8. The second kappa shape index (κ2) is 11.4. The van der Waals surface area contributed by atoms with Crippen LogP contribution in [0, 0.1) is 0 Å². The fourth-order valence-electron chi connectivity index (χ4n) is 4.78. The molecular weight excluding hydrogens is 528 g/mol. The van der Waals surface area contributed by atoms with Crippen molar-refractivity contribution in [2.75, 3.05) is 40.4 Å². The Kier molecular flexibility index (Phi) is 8.88. The van der Waals surface area contributed by atoms with Crippen molar-refractivity contribution in [3.63, 3.8) is 0 Å². The van der Waals surface area contributed by atoms with Crippen molar-refractivity contribution in [3.8, 4) is 0 Å². The highest BCUT2D eigenvalue weighted by atomic mass is 19.4. The molecule has 6 nitrogen and oxygen atoms in total. The van der Waals surface area contributed by atoms with Crippen molar-refractivity contribution in [2.45, 2.75) is 43.6 Å². The average molecular weight is 560 g/mol. The van der Waals surface area contributed by atoms with E-state index in [0.717, 1.165) is 5.56 Å². The molecule has 2 aromatic carbocycles. The molecule has 214 valence electrons. The number of rotatable bonds is 7. The van der Waals surface area contributed by atoms with Crippen molar-refractivity contribution in [2.24, 2.45) is 0 Å².